The number of rotatable bonds is 2. The monoisotopic (exact) mass is 351 g/mol. The molecule has 25 heavy (non-hydrogen) atoms. The molecular weight excluding hydrogens is 322 g/mol. The molecule has 0 unspecified atom stereocenters. The van der Waals surface area contributed by atoms with Crippen molar-refractivity contribution in [1.29, 1.82) is 0 Å². The van der Waals surface area contributed by atoms with Crippen LogP contribution in [0.3, 0.4) is 0 Å². The van der Waals surface area contributed by atoms with Gasteiger partial charge in [-0.15, -0.1) is 5.10 Å². The zero-order valence-electron chi connectivity index (χ0n) is 15.7. The Kier molecular flexibility index (Phi) is 8.10. The number of ether oxygens (including phenoxy) is 1. The summed E-state index contributed by atoms with van der Waals surface area (Å²) < 4.78 is 5.50. The van der Waals surface area contributed by atoms with Gasteiger partial charge in [-0.3, -0.25) is 14.6 Å². The quantitative estimate of drug-likeness (QED) is 0.803. The molecule has 1 aliphatic rings. The van der Waals surface area contributed by atoms with Crippen molar-refractivity contribution in [3.05, 3.63) is 21.9 Å². The Labute approximate surface area is 147 Å². The Morgan fingerprint density at radius 3 is 2.36 bits per heavy atom. The molecule has 2 heterocycles. The van der Waals surface area contributed by atoms with Crippen LogP contribution in [-0.4, -0.2) is 33.2 Å². The van der Waals surface area contributed by atoms with Gasteiger partial charge in [0, 0.05) is 5.92 Å². The van der Waals surface area contributed by atoms with Crippen LogP contribution in [0.25, 0.3) is 5.52 Å². The first kappa shape index (κ1) is 20.7. The van der Waals surface area contributed by atoms with E-state index in [0.717, 1.165) is 30.3 Å². The summed E-state index contributed by atoms with van der Waals surface area (Å²) in [5, 5.41) is 4.23. The highest BCUT2D eigenvalue weighted by atomic mass is 16.5. The lowest BCUT2D eigenvalue weighted by Crippen LogP contribution is -2.19. The van der Waals surface area contributed by atoms with E-state index >= 15 is 0 Å². The van der Waals surface area contributed by atoms with Gasteiger partial charge >= 0.3 is 0 Å². The first-order chi connectivity index (χ1) is 12.0. The lowest BCUT2D eigenvalue weighted by molar-refractivity contribution is -0.126. The van der Waals surface area contributed by atoms with Crippen molar-refractivity contribution in [3.8, 4) is 0 Å². The van der Waals surface area contributed by atoms with E-state index in [4.69, 9.17) is 10.5 Å². The van der Waals surface area contributed by atoms with Crippen LogP contribution in [0.2, 0.25) is 0 Å². The molecule has 0 amide bonds. The number of anilines is 1. The lowest BCUT2D eigenvalue weighted by atomic mass is 9.83. The number of hydrogen-bond donors (Lipinski definition) is 2. The van der Waals surface area contributed by atoms with Crippen LogP contribution >= 0.6 is 0 Å². The molecule has 3 rings (SSSR count). The van der Waals surface area contributed by atoms with Crippen molar-refractivity contribution in [2.24, 2.45) is 5.92 Å². The second-order valence-corrected chi connectivity index (χ2v) is 5.94. The summed E-state index contributed by atoms with van der Waals surface area (Å²) in [6.45, 7) is 8.50. The van der Waals surface area contributed by atoms with Crippen LogP contribution in [0.15, 0.2) is 4.79 Å². The molecule has 140 valence electrons. The van der Waals surface area contributed by atoms with Gasteiger partial charge in [-0.1, -0.05) is 33.6 Å². The molecule has 0 aromatic carbocycles. The number of methoxy groups -OCH3 is 1. The van der Waals surface area contributed by atoms with Gasteiger partial charge in [0.15, 0.2) is 5.52 Å². The third-order valence-electron chi connectivity index (χ3n) is 4.20. The van der Waals surface area contributed by atoms with Crippen molar-refractivity contribution in [2.45, 2.75) is 59.3 Å². The number of aromatic amines is 1. The minimum Gasteiger partial charge on any atom is -0.471 e. The normalized spacial score (nSPS) is 19.2. The van der Waals surface area contributed by atoms with E-state index < -0.39 is 0 Å². The first-order valence-electron chi connectivity index (χ1n) is 8.69. The zero-order valence-corrected chi connectivity index (χ0v) is 15.7. The second-order valence-electron chi connectivity index (χ2n) is 5.94. The Morgan fingerprint density at radius 1 is 1.28 bits per heavy atom. The standard InChI is InChI=1S/C13H19N5O.C2H4O2.C2H6/c1-7-3-5-9(6-4-7)11-15-8(2)10-12(19)16-13(14)17-18(10)11;1-4-2-3;1-2/h7,9H,3-6H2,1-2H3,(H3,14,16,17,19);2H,1H3;1-2H3. The highest BCUT2D eigenvalue weighted by Gasteiger charge is 2.25. The number of nitrogens with one attached hydrogen (secondary N) is 1. The van der Waals surface area contributed by atoms with Crippen molar-refractivity contribution in [2.75, 3.05) is 12.8 Å². The summed E-state index contributed by atoms with van der Waals surface area (Å²) in [6, 6.07) is 0. The summed E-state index contributed by atoms with van der Waals surface area (Å²) in [4.78, 5) is 28.0. The number of nitrogens with zero attached hydrogens (tertiary/aromatic N) is 3. The van der Waals surface area contributed by atoms with Crippen LogP contribution in [0, 0.1) is 12.8 Å². The summed E-state index contributed by atoms with van der Waals surface area (Å²) in [5.41, 5.74) is 6.67. The molecule has 1 saturated carbocycles. The molecule has 1 fully saturated rings. The molecule has 2 aromatic heterocycles. The Balaban J connectivity index is 0.000000461. The maximum atomic E-state index is 11.9. The number of carbonyl (C=O) groups excluding carboxylic acids is 1. The highest BCUT2D eigenvalue weighted by molar-refractivity contribution is 5.51. The van der Waals surface area contributed by atoms with Gasteiger partial charge in [0.1, 0.15) is 5.82 Å². The van der Waals surface area contributed by atoms with Crippen molar-refractivity contribution in [1.82, 2.24) is 19.6 Å². The fourth-order valence-corrected chi connectivity index (χ4v) is 2.99. The molecule has 0 aliphatic heterocycles. The Hall–Kier alpha value is -2.38. The maximum Gasteiger partial charge on any atom is 0.292 e. The third kappa shape index (κ3) is 5.04. The molecule has 0 saturated heterocycles. The highest BCUT2D eigenvalue weighted by Crippen LogP contribution is 2.35. The number of carbonyl (C=O) groups is 1. The van der Waals surface area contributed by atoms with Crippen LogP contribution in [0.5, 0.6) is 0 Å². The Morgan fingerprint density at radius 2 is 1.84 bits per heavy atom. The second kappa shape index (κ2) is 9.80. The van der Waals surface area contributed by atoms with Gasteiger partial charge in [0.25, 0.3) is 12.0 Å². The number of aryl methyl sites for hydroxylation is 1. The number of fused-ring (bicyclic) bond motifs is 1. The number of hydrogen-bond acceptors (Lipinski definition) is 6. The summed E-state index contributed by atoms with van der Waals surface area (Å²) in [6.07, 6.45) is 4.62. The van der Waals surface area contributed by atoms with Gasteiger partial charge in [-0.2, -0.15) is 0 Å². The largest absolute Gasteiger partial charge is 0.471 e. The van der Waals surface area contributed by atoms with E-state index in [2.05, 4.69) is 26.7 Å². The molecule has 0 spiro atoms. The number of nitrogen functional groups attached to an aromatic ring is 1. The fourth-order valence-electron chi connectivity index (χ4n) is 2.99. The fraction of sp³-hybridized carbons (Fsp3) is 0.647. The zero-order chi connectivity index (χ0) is 19.0. The molecule has 8 heteroatoms. The smallest absolute Gasteiger partial charge is 0.292 e. The van der Waals surface area contributed by atoms with E-state index in [9.17, 15) is 4.79 Å². The molecular formula is C17H29N5O3. The first-order valence-corrected chi connectivity index (χ1v) is 8.69. The molecule has 2 aromatic rings. The van der Waals surface area contributed by atoms with Crippen LogP contribution < -0.4 is 11.3 Å². The van der Waals surface area contributed by atoms with E-state index in [1.54, 1.807) is 4.52 Å². The van der Waals surface area contributed by atoms with Gasteiger partial charge < -0.3 is 10.5 Å². The molecule has 0 radical (unpaired) electrons. The average molecular weight is 351 g/mol. The van der Waals surface area contributed by atoms with Gasteiger partial charge in [0.05, 0.1) is 12.8 Å². The van der Waals surface area contributed by atoms with Gasteiger partial charge in [-0.05, 0) is 25.7 Å². The SMILES string of the molecule is CC.COC=O.Cc1nc(C2CCC(C)CC2)n2nc(N)[nH]c(=O)c12. The maximum absolute atomic E-state index is 11.9. The average Bonchev–Trinajstić information content (AvgIpc) is 2.94. The molecule has 3 N–H and O–H groups in total. The number of nitrogens with two attached hydrogens (primary N) is 1. The van der Waals surface area contributed by atoms with Crippen LogP contribution in [0.1, 0.15) is 63.9 Å². The molecule has 8 nitrogen and oxygen atoms in total. The summed E-state index contributed by atoms with van der Waals surface area (Å²) in [7, 11) is 1.31. The number of aromatic nitrogens is 4. The van der Waals surface area contributed by atoms with Crippen molar-refractivity contribution in [3.63, 3.8) is 0 Å². The van der Waals surface area contributed by atoms with Crippen LogP contribution in [0.4, 0.5) is 5.95 Å². The van der Waals surface area contributed by atoms with E-state index in [1.165, 1.54) is 20.0 Å². The minimum atomic E-state index is -0.215. The molecule has 0 bridgehead atoms. The lowest BCUT2D eigenvalue weighted by Gasteiger charge is -2.24. The van der Waals surface area contributed by atoms with E-state index in [1.807, 2.05) is 20.8 Å². The Bertz CT molecular complexity index is 730. The summed E-state index contributed by atoms with van der Waals surface area (Å²) in [5.74, 6) is 2.19. The third-order valence-corrected chi connectivity index (χ3v) is 4.20. The van der Waals surface area contributed by atoms with Crippen molar-refractivity contribution < 1.29 is 9.53 Å². The molecule has 1 aliphatic carbocycles. The van der Waals surface area contributed by atoms with Crippen molar-refractivity contribution >= 4 is 17.9 Å². The van der Waals surface area contributed by atoms with Crippen LogP contribution in [-0.2, 0) is 9.53 Å². The number of H-pyrrole nitrogens is 1. The predicted octanol–water partition coefficient (Wildman–Crippen LogP) is 2.42. The summed E-state index contributed by atoms with van der Waals surface area (Å²) >= 11 is 0. The topological polar surface area (TPSA) is 115 Å². The molecule has 0 atom stereocenters. The number of imidazole rings is 1. The van der Waals surface area contributed by atoms with Gasteiger partial charge in [0.2, 0.25) is 5.95 Å². The van der Waals surface area contributed by atoms with Gasteiger partial charge in [-0.25, -0.2) is 9.50 Å². The van der Waals surface area contributed by atoms with E-state index in [0.29, 0.717) is 17.9 Å². The van der Waals surface area contributed by atoms with E-state index in [-0.39, 0.29) is 11.5 Å². The minimum absolute atomic E-state index is 0.139. The predicted molar refractivity (Wildman–Crippen MR) is 97.6 cm³/mol.